The highest BCUT2D eigenvalue weighted by Gasteiger charge is 2.14. The number of carbonyl (C=O) groups excluding carboxylic acids is 1. The lowest BCUT2D eigenvalue weighted by Gasteiger charge is -2.07. The summed E-state index contributed by atoms with van der Waals surface area (Å²) in [5, 5.41) is 21.6. The Morgan fingerprint density at radius 3 is 2.70 bits per heavy atom. The maximum Gasteiger partial charge on any atom is 0.275 e. The van der Waals surface area contributed by atoms with Crippen molar-refractivity contribution in [3.63, 3.8) is 0 Å². The van der Waals surface area contributed by atoms with Gasteiger partial charge >= 0.3 is 0 Å². The van der Waals surface area contributed by atoms with E-state index in [4.69, 9.17) is 11.0 Å². The van der Waals surface area contributed by atoms with Gasteiger partial charge in [-0.2, -0.15) is 15.0 Å². The normalized spacial score (nSPS) is 10.0. The number of benzene rings is 1. The van der Waals surface area contributed by atoms with Gasteiger partial charge < -0.3 is 10.8 Å². The molecule has 20 heavy (non-hydrogen) atoms. The smallest absolute Gasteiger partial charge is 0.275 e. The van der Waals surface area contributed by atoms with Crippen LogP contribution in [0.2, 0.25) is 0 Å². The van der Waals surface area contributed by atoms with E-state index in [1.54, 1.807) is 6.07 Å². The molecule has 2 aromatic rings. The molecule has 0 saturated heterocycles. The number of rotatable bonds is 2. The topological polar surface area (TPSA) is 122 Å². The number of halogens is 1. The first-order valence-electron chi connectivity index (χ1n) is 5.27. The Balaban J connectivity index is 2.67. The number of aromatic hydroxyl groups is 1. The molecular weight excluding hydrogens is 267 g/mol. The third-order valence-electron chi connectivity index (χ3n) is 2.46. The average molecular weight is 274 g/mol. The van der Waals surface area contributed by atoms with Crippen LogP contribution < -0.4 is 11.3 Å². The van der Waals surface area contributed by atoms with Gasteiger partial charge in [-0.1, -0.05) is 0 Å². The van der Waals surface area contributed by atoms with Crippen LogP contribution in [-0.4, -0.2) is 20.8 Å². The van der Waals surface area contributed by atoms with E-state index in [1.165, 1.54) is 6.07 Å². The van der Waals surface area contributed by atoms with Gasteiger partial charge in [0.1, 0.15) is 11.9 Å². The summed E-state index contributed by atoms with van der Waals surface area (Å²) in [5.74, 6) is -2.54. The van der Waals surface area contributed by atoms with Gasteiger partial charge in [-0.15, -0.1) is 0 Å². The van der Waals surface area contributed by atoms with Gasteiger partial charge in [-0.05, 0) is 12.1 Å². The van der Waals surface area contributed by atoms with Gasteiger partial charge in [0.25, 0.3) is 11.5 Å². The quantitative estimate of drug-likeness (QED) is 0.801. The van der Waals surface area contributed by atoms with Crippen LogP contribution in [0.1, 0.15) is 16.1 Å². The summed E-state index contributed by atoms with van der Waals surface area (Å²) in [6.07, 6.45) is 0. The molecule has 0 aliphatic carbocycles. The third kappa shape index (κ3) is 2.20. The minimum atomic E-state index is -1.04. The number of aromatic nitrogens is 2. The van der Waals surface area contributed by atoms with Crippen molar-refractivity contribution in [3.05, 3.63) is 51.7 Å². The molecule has 100 valence electrons. The predicted molar refractivity (Wildman–Crippen MR) is 64.7 cm³/mol. The summed E-state index contributed by atoms with van der Waals surface area (Å²) in [6, 6.07) is 5.72. The van der Waals surface area contributed by atoms with E-state index in [1.807, 2.05) is 0 Å². The van der Waals surface area contributed by atoms with Crippen LogP contribution in [0.3, 0.4) is 0 Å². The second kappa shape index (κ2) is 4.81. The Hall–Kier alpha value is -3.21. The molecule has 8 heteroatoms. The van der Waals surface area contributed by atoms with E-state index in [-0.39, 0.29) is 11.3 Å². The first-order chi connectivity index (χ1) is 9.43. The molecule has 0 aliphatic rings. The largest absolute Gasteiger partial charge is 0.505 e. The standard InChI is InChI=1S/C12H7FN4O3/c13-8-3-7(2-1-6(8)5-14)17-10(19)4-9(18)11(16-17)12(15)20/h1-4,18H,(H2,15,20). The fourth-order valence-corrected chi connectivity index (χ4v) is 1.53. The van der Waals surface area contributed by atoms with Gasteiger partial charge in [-0.3, -0.25) is 9.59 Å². The molecule has 0 unspecified atom stereocenters. The summed E-state index contributed by atoms with van der Waals surface area (Å²) < 4.78 is 14.2. The lowest BCUT2D eigenvalue weighted by atomic mass is 10.2. The average Bonchev–Trinajstić information content (AvgIpc) is 2.38. The zero-order valence-corrected chi connectivity index (χ0v) is 9.87. The molecule has 0 radical (unpaired) electrons. The first kappa shape index (κ1) is 13.2. The molecule has 7 nitrogen and oxygen atoms in total. The number of amides is 1. The molecule has 3 N–H and O–H groups in total. The minimum absolute atomic E-state index is 0.00556. The van der Waals surface area contributed by atoms with Crippen molar-refractivity contribution in [1.82, 2.24) is 9.78 Å². The number of nitrogens with zero attached hydrogens (tertiary/aromatic N) is 3. The van der Waals surface area contributed by atoms with Crippen molar-refractivity contribution < 1.29 is 14.3 Å². The Labute approximate surface area is 111 Å². The van der Waals surface area contributed by atoms with Gasteiger partial charge in [0.15, 0.2) is 11.4 Å². The summed E-state index contributed by atoms with van der Waals surface area (Å²) >= 11 is 0. The maximum absolute atomic E-state index is 13.5. The number of hydrogen-bond acceptors (Lipinski definition) is 5. The maximum atomic E-state index is 13.5. The lowest BCUT2D eigenvalue weighted by Crippen LogP contribution is -2.25. The number of carbonyl (C=O) groups is 1. The Kier molecular flexibility index (Phi) is 3.18. The van der Waals surface area contributed by atoms with Crippen LogP contribution in [0, 0.1) is 17.1 Å². The molecule has 0 bridgehead atoms. The van der Waals surface area contributed by atoms with Crippen molar-refractivity contribution >= 4 is 5.91 Å². The second-order valence-corrected chi connectivity index (χ2v) is 3.77. The molecular formula is C12H7FN4O3. The zero-order valence-electron chi connectivity index (χ0n) is 9.87. The molecule has 1 heterocycles. The van der Waals surface area contributed by atoms with Crippen LogP contribution >= 0.6 is 0 Å². The van der Waals surface area contributed by atoms with Crippen molar-refractivity contribution in [2.75, 3.05) is 0 Å². The number of nitriles is 1. The lowest BCUT2D eigenvalue weighted by molar-refractivity contribution is 0.0991. The summed E-state index contributed by atoms with van der Waals surface area (Å²) in [7, 11) is 0. The summed E-state index contributed by atoms with van der Waals surface area (Å²) in [6.45, 7) is 0. The highest BCUT2D eigenvalue weighted by atomic mass is 19.1. The molecule has 1 amide bonds. The summed E-state index contributed by atoms with van der Waals surface area (Å²) in [4.78, 5) is 22.7. The molecule has 1 aromatic carbocycles. The van der Waals surface area contributed by atoms with Crippen molar-refractivity contribution in [3.8, 4) is 17.5 Å². The van der Waals surface area contributed by atoms with Crippen LogP contribution in [0.15, 0.2) is 29.1 Å². The molecule has 0 atom stereocenters. The fraction of sp³-hybridized carbons (Fsp3) is 0. The van der Waals surface area contributed by atoms with Crippen LogP contribution in [0.4, 0.5) is 4.39 Å². The predicted octanol–water partition coefficient (Wildman–Crippen LogP) is 0.0478. The second-order valence-electron chi connectivity index (χ2n) is 3.77. The van der Waals surface area contributed by atoms with Gasteiger partial charge in [0.2, 0.25) is 0 Å². The number of nitrogens with two attached hydrogens (primary N) is 1. The third-order valence-corrected chi connectivity index (χ3v) is 2.46. The molecule has 0 fully saturated rings. The Morgan fingerprint density at radius 1 is 1.45 bits per heavy atom. The number of primary amides is 1. The van der Waals surface area contributed by atoms with Gasteiger partial charge in [0.05, 0.1) is 11.3 Å². The van der Waals surface area contributed by atoms with Crippen LogP contribution in [0.25, 0.3) is 5.69 Å². The van der Waals surface area contributed by atoms with E-state index in [0.717, 1.165) is 18.2 Å². The highest BCUT2D eigenvalue weighted by molar-refractivity contribution is 5.93. The molecule has 0 aliphatic heterocycles. The SMILES string of the molecule is N#Cc1ccc(-n2nc(C(N)=O)c(O)cc2=O)cc1F. The van der Waals surface area contributed by atoms with Crippen LogP contribution in [-0.2, 0) is 0 Å². The van der Waals surface area contributed by atoms with Gasteiger partial charge in [-0.25, -0.2) is 4.39 Å². The van der Waals surface area contributed by atoms with Crippen LogP contribution in [0.5, 0.6) is 5.75 Å². The minimum Gasteiger partial charge on any atom is -0.505 e. The molecule has 0 saturated carbocycles. The van der Waals surface area contributed by atoms with Crippen molar-refractivity contribution in [2.45, 2.75) is 0 Å². The molecule has 1 aromatic heterocycles. The van der Waals surface area contributed by atoms with Gasteiger partial charge in [0, 0.05) is 12.1 Å². The Bertz CT molecular complexity index is 807. The van der Waals surface area contributed by atoms with E-state index in [0.29, 0.717) is 4.68 Å². The van der Waals surface area contributed by atoms with E-state index in [2.05, 4.69) is 5.10 Å². The molecule has 2 rings (SSSR count). The first-order valence-corrected chi connectivity index (χ1v) is 5.27. The highest BCUT2D eigenvalue weighted by Crippen LogP contribution is 2.14. The number of hydrogen-bond donors (Lipinski definition) is 2. The van der Waals surface area contributed by atoms with E-state index < -0.39 is 28.7 Å². The Morgan fingerprint density at radius 2 is 2.15 bits per heavy atom. The van der Waals surface area contributed by atoms with Crippen molar-refractivity contribution in [2.24, 2.45) is 5.73 Å². The van der Waals surface area contributed by atoms with Crippen molar-refractivity contribution in [1.29, 1.82) is 5.26 Å². The zero-order chi connectivity index (χ0) is 14.9. The van der Waals surface area contributed by atoms with E-state index in [9.17, 15) is 19.1 Å². The van der Waals surface area contributed by atoms with E-state index >= 15 is 0 Å². The monoisotopic (exact) mass is 274 g/mol. The fourth-order valence-electron chi connectivity index (χ4n) is 1.53. The summed E-state index contributed by atoms with van der Waals surface area (Å²) in [5.41, 5.74) is 3.49. The molecule has 0 spiro atoms.